The molecule has 0 bridgehead atoms. The maximum absolute atomic E-state index is 11.8. The number of hydrogen-bond donors (Lipinski definition) is 4. The van der Waals surface area contributed by atoms with Crippen molar-refractivity contribution in [1.29, 1.82) is 0 Å². The van der Waals surface area contributed by atoms with Crippen molar-refractivity contribution >= 4 is 23.2 Å². The molecule has 0 spiro atoms. The van der Waals surface area contributed by atoms with Crippen LogP contribution in [0, 0.1) is 0 Å². The Hall–Kier alpha value is -2.87. The summed E-state index contributed by atoms with van der Waals surface area (Å²) in [6, 6.07) is 7.73. The molecule has 3 rings (SSSR count). The third-order valence-corrected chi connectivity index (χ3v) is 3.44. The molecule has 1 aromatic carbocycles. The summed E-state index contributed by atoms with van der Waals surface area (Å²) < 4.78 is 0. The second-order valence-electron chi connectivity index (χ2n) is 5.08. The quantitative estimate of drug-likeness (QED) is 0.660. The maximum atomic E-state index is 11.8. The van der Waals surface area contributed by atoms with Crippen LogP contribution >= 0.6 is 0 Å². The topological polar surface area (TPSA) is 130 Å². The Bertz CT molecular complexity index is 787. The Balaban J connectivity index is 0.000000791. The van der Waals surface area contributed by atoms with Gasteiger partial charge < -0.3 is 21.7 Å². The van der Waals surface area contributed by atoms with E-state index in [1.54, 1.807) is 4.90 Å². The number of hydrogen-bond acceptors (Lipinski definition) is 6. The third-order valence-electron chi connectivity index (χ3n) is 3.44. The molecule has 142 valence electrons. The number of carbonyl (C=O) groups is 1. The number of nitrogens with two attached hydrogens (primary N) is 2. The number of aromatic amines is 1. The van der Waals surface area contributed by atoms with Crippen molar-refractivity contribution in [2.45, 2.75) is 40.8 Å². The highest BCUT2D eigenvalue weighted by Gasteiger charge is 2.26. The Kier molecular flexibility index (Phi) is 8.30. The predicted molar refractivity (Wildman–Crippen MR) is 106 cm³/mol. The van der Waals surface area contributed by atoms with Gasteiger partial charge in [-0.15, -0.1) is 0 Å². The number of benzene rings is 1. The maximum Gasteiger partial charge on any atom is 0.348 e. The lowest BCUT2D eigenvalue weighted by atomic mass is 10.1. The van der Waals surface area contributed by atoms with E-state index in [1.807, 2.05) is 52.0 Å². The van der Waals surface area contributed by atoms with E-state index in [0.717, 1.165) is 11.1 Å². The first kappa shape index (κ1) is 21.2. The monoisotopic (exact) mass is 360 g/mol. The lowest BCUT2D eigenvalue weighted by Gasteiger charge is -2.29. The summed E-state index contributed by atoms with van der Waals surface area (Å²) in [6.07, 6.45) is 0. The molecule has 0 saturated heterocycles. The number of anilines is 3. The fraction of sp³-hybridized carbons (Fsp3) is 0.389. The van der Waals surface area contributed by atoms with Gasteiger partial charge in [0.05, 0.1) is 6.54 Å². The molecule has 0 unspecified atom stereocenters. The fourth-order valence-electron chi connectivity index (χ4n) is 2.46. The van der Waals surface area contributed by atoms with Crippen LogP contribution in [0.15, 0.2) is 29.1 Å². The van der Waals surface area contributed by atoms with Gasteiger partial charge >= 0.3 is 5.69 Å². The van der Waals surface area contributed by atoms with Gasteiger partial charge in [0.1, 0.15) is 11.5 Å². The lowest BCUT2D eigenvalue weighted by molar-refractivity contribution is -0.115. The molecule has 1 aliphatic rings. The number of fused-ring (bicyclic) bond motifs is 1. The molecule has 2 aromatic rings. The van der Waals surface area contributed by atoms with Gasteiger partial charge in [-0.05, 0) is 11.1 Å². The fourth-order valence-corrected chi connectivity index (χ4v) is 2.46. The van der Waals surface area contributed by atoms with E-state index in [-0.39, 0.29) is 18.3 Å². The second kappa shape index (κ2) is 10.2. The van der Waals surface area contributed by atoms with Crippen LogP contribution in [0.4, 0.5) is 17.3 Å². The molecule has 1 aromatic heterocycles. The summed E-state index contributed by atoms with van der Waals surface area (Å²) in [7, 11) is 0. The highest BCUT2D eigenvalue weighted by Crippen LogP contribution is 2.30. The van der Waals surface area contributed by atoms with E-state index in [2.05, 4.69) is 15.3 Å². The lowest BCUT2D eigenvalue weighted by Crippen LogP contribution is -2.40. The van der Waals surface area contributed by atoms with Crippen molar-refractivity contribution in [3.8, 4) is 0 Å². The smallest absolute Gasteiger partial charge is 0.348 e. The van der Waals surface area contributed by atoms with E-state index in [4.69, 9.17) is 11.5 Å². The summed E-state index contributed by atoms with van der Waals surface area (Å²) in [5.74, 6) is 0.269. The normalized spacial score (nSPS) is 12.0. The Morgan fingerprint density at radius 2 is 1.81 bits per heavy atom. The van der Waals surface area contributed by atoms with Gasteiger partial charge in [0.25, 0.3) is 0 Å². The van der Waals surface area contributed by atoms with Gasteiger partial charge in [-0.25, -0.2) is 4.79 Å². The molecule has 26 heavy (non-hydrogen) atoms. The number of nitrogen functional groups attached to an aromatic ring is 1. The molecule has 8 heteroatoms. The molecule has 2 heterocycles. The van der Waals surface area contributed by atoms with Crippen LogP contribution in [0.3, 0.4) is 0 Å². The van der Waals surface area contributed by atoms with Crippen LogP contribution in [0.2, 0.25) is 0 Å². The van der Waals surface area contributed by atoms with E-state index >= 15 is 0 Å². The molecule has 0 aliphatic carbocycles. The molecule has 1 amide bonds. The summed E-state index contributed by atoms with van der Waals surface area (Å²) in [5.41, 5.74) is 13.2. The highest BCUT2D eigenvalue weighted by atomic mass is 16.2. The third kappa shape index (κ3) is 5.06. The summed E-state index contributed by atoms with van der Waals surface area (Å²) in [4.78, 5) is 31.4. The predicted octanol–water partition coefficient (Wildman–Crippen LogP) is 1.82. The zero-order valence-electron chi connectivity index (χ0n) is 15.8. The molecular formula is C18H28N6O2. The summed E-state index contributed by atoms with van der Waals surface area (Å²) in [5, 5.41) is 2.64. The van der Waals surface area contributed by atoms with Crippen LogP contribution in [0.1, 0.15) is 38.8 Å². The van der Waals surface area contributed by atoms with Gasteiger partial charge in [0.2, 0.25) is 5.91 Å². The highest BCUT2D eigenvalue weighted by molar-refractivity contribution is 6.02. The molecule has 6 N–H and O–H groups in total. The zero-order valence-corrected chi connectivity index (χ0v) is 15.8. The molecule has 8 nitrogen and oxygen atoms in total. The molecule has 0 radical (unpaired) electrons. The molecule has 0 saturated carbocycles. The van der Waals surface area contributed by atoms with Crippen molar-refractivity contribution < 1.29 is 4.79 Å². The van der Waals surface area contributed by atoms with Gasteiger partial charge in [-0.3, -0.25) is 9.78 Å². The standard InChI is InChI=1S/C14H16N6O2.2C2H6/c15-5-8-2-1-3-9(4-8)6-20-7-10(21)17-11-12(16)18-14(22)19-13(11)20;2*1-2/h1-4H,5-7,15H2,(H,17,21)(H3,16,18,19,22);2*1-2H3. The Labute approximate surface area is 153 Å². The number of nitrogens with one attached hydrogen (secondary N) is 2. The number of H-pyrrole nitrogens is 1. The van der Waals surface area contributed by atoms with E-state index in [9.17, 15) is 9.59 Å². The molecule has 0 fully saturated rings. The van der Waals surface area contributed by atoms with E-state index in [1.165, 1.54) is 0 Å². The van der Waals surface area contributed by atoms with Crippen LogP contribution in [-0.4, -0.2) is 22.4 Å². The van der Waals surface area contributed by atoms with Crippen LogP contribution in [0.5, 0.6) is 0 Å². The Morgan fingerprint density at radius 3 is 2.46 bits per heavy atom. The van der Waals surface area contributed by atoms with Gasteiger partial charge in [0, 0.05) is 13.1 Å². The molecule has 1 aliphatic heterocycles. The van der Waals surface area contributed by atoms with Crippen molar-refractivity contribution in [2.24, 2.45) is 5.73 Å². The van der Waals surface area contributed by atoms with Crippen molar-refractivity contribution in [3.63, 3.8) is 0 Å². The van der Waals surface area contributed by atoms with Crippen LogP contribution in [-0.2, 0) is 17.9 Å². The number of rotatable bonds is 3. The second-order valence-corrected chi connectivity index (χ2v) is 5.08. The molecular weight excluding hydrogens is 332 g/mol. The number of nitrogens with zero attached hydrogens (tertiary/aromatic N) is 2. The van der Waals surface area contributed by atoms with Crippen molar-refractivity contribution in [1.82, 2.24) is 9.97 Å². The van der Waals surface area contributed by atoms with Crippen molar-refractivity contribution in [2.75, 3.05) is 22.5 Å². The number of amides is 1. The largest absolute Gasteiger partial charge is 0.383 e. The number of aromatic nitrogens is 2. The van der Waals surface area contributed by atoms with E-state index in [0.29, 0.717) is 24.6 Å². The minimum absolute atomic E-state index is 0.101. The van der Waals surface area contributed by atoms with Gasteiger partial charge in [-0.2, -0.15) is 4.98 Å². The minimum atomic E-state index is -0.548. The van der Waals surface area contributed by atoms with Crippen LogP contribution < -0.4 is 27.4 Å². The summed E-state index contributed by atoms with van der Waals surface area (Å²) in [6.45, 7) is 8.98. The average molecular weight is 360 g/mol. The first-order valence-corrected chi connectivity index (χ1v) is 8.79. The van der Waals surface area contributed by atoms with Crippen LogP contribution in [0.25, 0.3) is 0 Å². The Morgan fingerprint density at radius 1 is 1.15 bits per heavy atom. The minimum Gasteiger partial charge on any atom is -0.383 e. The average Bonchev–Trinajstić information content (AvgIpc) is 2.66. The first-order chi connectivity index (χ1) is 12.6. The molecule has 0 atom stereocenters. The van der Waals surface area contributed by atoms with E-state index < -0.39 is 5.69 Å². The SMILES string of the molecule is CC.CC.NCc1cccc(CN2CC(=O)Nc3c2nc(=O)[nH]c3N)c1. The van der Waals surface area contributed by atoms with Gasteiger partial charge in [-0.1, -0.05) is 52.0 Å². The number of carbonyl (C=O) groups excluding carboxylic acids is 1. The zero-order chi connectivity index (χ0) is 19.7. The van der Waals surface area contributed by atoms with Gasteiger partial charge in [0.15, 0.2) is 5.82 Å². The summed E-state index contributed by atoms with van der Waals surface area (Å²) >= 11 is 0. The first-order valence-electron chi connectivity index (χ1n) is 8.79. The van der Waals surface area contributed by atoms with Crippen molar-refractivity contribution in [3.05, 3.63) is 45.9 Å².